The van der Waals surface area contributed by atoms with Crippen molar-refractivity contribution in [3.8, 4) is 11.5 Å². The number of nitrogens with zero attached hydrogens (tertiary/aromatic N) is 1. The number of likely N-dealkylation sites (N-methyl/N-ethyl adjacent to an activating group) is 1. The molecular formula is C18H22N3O5+. The van der Waals surface area contributed by atoms with Crippen LogP contribution in [0, 0.1) is 10.1 Å². The number of para-hydroxylation sites is 1. The Labute approximate surface area is 151 Å². The quantitative estimate of drug-likeness (QED) is 0.546. The van der Waals surface area contributed by atoms with Crippen molar-refractivity contribution in [3.05, 3.63) is 58.1 Å². The molecule has 0 saturated carbocycles. The van der Waals surface area contributed by atoms with Crippen LogP contribution in [0.2, 0.25) is 0 Å². The molecule has 8 nitrogen and oxygen atoms in total. The molecule has 2 N–H and O–H groups in total. The van der Waals surface area contributed by atoms with Gasteiger partial charge >= 0.3 is 0 Å². The van der Waals surface area contributed by atoms with Crippen molar-refractivity contribution in [1.82, 2.24) is 0 Å². The molecule has 0 aliphatic carbocycles. The van der Waals surface area contributed by atoms with Gasteiger partial charge in [-0.05, 0) is 24.3 Å². The molecule has 0 radical (unpaired) electrons. The molecule has 8 heteroatoms. The summed E-state index contributed by atoms with van der Waals surface area (Å²) in [5.74, 6) is 1.12. The number of non-ortho nitro benzene ring substituents is 1. The van der Waals surface area contributed by atoms with Crippen molar-refractivity contribution in [2.24, 2.45) is 0 Å². The summed E-state index contributed by atoms with van der Waals surface area (Å²) in [6.07, 6.45) is 0. The first-order valence-electron chi connectivity index (χ1n) is 8.00. The molecule has 1 unspecified atom stereocenters. The van der Waals surface area contributed by atoms with E-state index in [-0.39, 0.29) is 18.1 Å². The van der Waals surface area contributed by atoms with Gasteiger partial charge in [0.05, 0.1) is 31.8 Å². The fourth-order valence-corrected chi connectivity index (χ4v) is 2.63. The van der Waals surface area contributed by atoms with Gasteiger partial charge in [-0.25, -0.2) is 0 Å². The molecule has 2 aromatic rings. The number of carbonyl (C=O) groups is 1. The van der Waals surface area contributed by atoms with Gasteiger partial charge in [0, 0.05) is 17.8 Å². The average molecular weight is 360 g/mol. The summed E-state index contributed by atoms with van der Waals surface area (Å²) < 4.78 is 10.7. The van der Waals surface area contributed by atoms with Gasteiger partial charge in [0.1, 0.15) is 6.54 Å². The van der Waals surface area contributed by atoms with Crippen LogP contribution in [0.4, 0.5) is 11.4 Å². The Kier molecular flexibility index (Phi) is 6.51. The number of carbonyl (C=O) groups excluding carboxylic acids is 1. The number of nitro benzene ring substituents is 1. The van der Waals surface area contributed by atoms with Crippen LogP contribution in [0.3, 0.4) is 0 Å². The third-order valence-corrected chi connectivity index (χ3v) is 3.80. The summed E-state index contributed by atoms with van der Waals surface area (Å²) in [5, 5.41) is 13.4. The zero-order valence-corrected chi connectivity index (χ0v) is 14.9. The number of ether oxygens (including phenoxy) is 2. The summed E-state index contributed by atoms with van der Waals surface area (Å²) in [5.41, 5.74) is 1.44. The molecule has 0 saturated heterocycles. The van der Waals surface area contributed by atoms with Gasteiger partial charge in [-0.1, -0.05) is 6.07 Å². The fraction of sp³-hybridized carbons (Fsp3) is 0.278. The van der Waals surface area contributed by atoms with Crippen LogP contribution in [0.5, 0.6) is 11.5 Å². The van der Waals surface area contributed by atoms with E-state index in [4.69, 9.17) is 9.47 Å². The molecule has 26 heavy (non-hydrogen) atoms. The Bertz CT molecular complexity index is 777. The molecule has 1 atom stereocenters. The highest BCUT2D eigenvalue weighted by molar-refractivity contribution is 5.91. The van der Waals surface area contributed by atoms with Crippen molar-refractivity contribution in [3.63, 3.8) is 0 Å². The van der Waals surface area contributed by atoms with Crippen LogP contribution in [0.25, 0.3) is 0 Å². The van der Waals surface area contributed by atoms with Gasteiger partial charge in [0.25, 0.3) is 11.6 Å². The van der Waals surface area contributed by atoms with Gasteiger partial charge in [-0.15, -0.1) is 0 Å². The van der Waals surface area contributed by atoms with Crippen LogP contribution in [-0.2, 0) is 11.3 Å². The van der Waals surface area contributed by atoms with Crippen molar-refractivity contribution < 1.29 is 24.1 Å². The summed E-state index contributed by atoms with van der Waals surface area (Å²) in [6.45, 7) is 0.811. The van der Waals surface area contributed by atoms with Gasteiger partial charge in [-0.3, -0.25) is 14.9 Å². The molecule has 0 heterocycles. The summed E-state index contributed by atoms with van der Waals surface area (Å²) in [4.78, 5) is 23.3. The maximum atomic E-state index is 12.2. The molecule has 1 amide bonds. The molecule has 0 aromatic heterocycles. The van der Waals surface area contributed by atoms with Crippen molar-refractivity contribution >= 4 is 17.3 Å². The number of quaternary nitrogens is 1. The molecule has 0 fully saturated rings. The predicted octanol–water partition coefficient (Wildman–Crippen LogP) is 1.27. The lowest BCUT2D eigenvalue weighted by molar-refractivity contribution is -0.885. The number of nitro groups is 1. The highest BCUT2D eigenvalue weighted by Crippen LogP contribution is 2.30. The van der Waals surface area contributed by atoms with Gasteiger partial charge in [-0.2, -0.15) is 0 Å². The Morgan fingerprint density at radius 2 is 1.85 bits per heavy atom. The van der Waals surface area contributed by atoms with Crippen LogP contribution in [0.15, 0.2) is 42.5 Å². The molecule has 138 valence electrons. The number of amides is 1. The lowest BCUT2D eigenvalue weighted by Crippen LogP contribution is -3.08. The van der Waals surface area contributed by atoms with E-state index in [1.807, 2.05) is 25.2 Å². The van der Waals surface area contributed by atoms with Crippen molar-refractivity contribution in [2.75, 3.05) is 33.1 Å². The van der Waals surface area contributed by atoms with Crippen LogP contribution < -0.4 is 19.7 Å². The van der Waals surface area contributed by atoms with E-state index in [9.17, 15) is 14.9 Å². The number of rotatable bonds is 8. The molecule has 0 aliphatic rings. The van der Waals surface area contributed by atoms with Crippen LogP contribution in [-0.4, -0.2) is 38.6 Å². The smallest absolute Gasteiger partial charge is 0.279 e. The number of anilines is 1. The highest BCUT2D eigenvalue weighted by Gasteiger charge is 2.16. The maximum absolute atomic E-state index is 12.2. The van der Waals surface area contributed by atoms with Gasteiger partial charge in [0.2, 0.25) is 0 Å². The standard InChI is InChI=1S/C18H21N3O5/c1-20(11-13-5-4-6-16(25-2)18(13)26-3)12-17(22)19-14-7-9-15(10-8-14)21(23)24/h4-10H,11-12H2,1-3H3,(H,19,22)/p+1. The molecule has 0 bridgehead atoms. The molecule has 2 aromatic carbocycles. The second kappa shape index (κ2) is 8.82. The van der Waals surface area contributed by atoms with E-state index >= 15 is 0 Å². The average Bonchev–Trinajstić information content (AvgIpc) is 2.61. The van der Waals surface area contributed by atoms with Crippen LogP contribution >= 0.6 is 0 Å². The van der Waals surface area contributed by atoms with Gasteiger partial charge in [0.15, 0.2) is 18.0 Å². The Hall–Kier alpha value is -3.13. The van der Waals surface area contributed by atoms with Crippen molar-refractivity contribution in [2.45, 2.75) is 6.54 Å². The third kappa shape index (κ3) is 4.93. The second-order valence-corrected chi connectivity index (χ2v) is 5.82. The Balaban J connectivity index is 1.96. The van der Waals surface area contributed by atoms with E-state index < -0.39 is 4.92 Å². The SMILES string of the molecule is COc1cccc(C[NH+](C)CC(=O)Nc2ccc([N+](=O)[O-])cc2)c1OC. The number of nitrogens with one attached hydrogen (secondary N) is 2. The number of hydrogen-bond acceptors (Lipinski definition) is 5. The van der Waals surface area contributed by atoms with E-state index in [0.717, 1.165) is 10.5 Å². The summed E-state index contributed by atoms with van der Waals surface area (Å²) in [7, 11) is 5.06. The first-order valence-corrected chi connectivity index (χ1v) is 8.00. The highest BCUT2D eigenvalue weighted by atomic mass is 16.6. The monoisotopic (exact) mass is 360 g/mol. The molecule has 0 spiro atoms. The maximum Gasteiger partial charge on any atom is 0.279 e. The zero-order valence-electron chi connectivity index (χ0n) is 14.9. The minimum Gasteiger partial charge on any atom is -0.493 e. The molecular weight excluding hydrogens is 338 g/mol. The lowest BCUT2D eigenvalue weighted by atomic mass is 10.1. The van der Waals surface area contributed by atoms with E-state index in [2.05, 4.69) is 5.32 Å². The predicted molar refractivity (Wildman–Crippen MR) is 96.7 cm³/mol. The zero-order chi connectivity index (χ0) is 19.1. The summed E-state index contributed by atoms with van der Waals surface area (Å²) in [6, 6.07) is 11.4. The number of benzene rings is 2. The first-order chi connectivity index (χ1) is 12.4. The molecule has 2 rings (SSSR count). The number of methoxy groups -OCH3 is 2. The fourth-order valence-electron chi connectivity index (χ4n) is 2.63. The van der Waals surface area contributed by atoms with Gasteiger partial charge < -0.3 is 19.7 Å². The topological polar surface area (TPSA) is 95.1 Å². The van der Waals surface area contributed by atoms with E-state index in [1.165, 1.54) is 24.3 Å². The minimum atomic E-state index is -0.481. The largest absolute Gasteiger partial charge is 0.493 e. The Morgan fingerprint density at radius 1 is 1.15 bits per heavy atom. The first kappa shape index (κ1) is 19.2. The lowest BCUT2D eigenvalue weighted by Gasteiger charge is -2.17. The second-order valence-electron chi connectivity index (χ2n) is 5.82. The molecule has 0 aliphatic heterocycles. The Morgan fingerprint density at radius 3 is 2.42 bits per heavy atom. The van der Waals surface area contributed by atoms with Crippen LogP contribution in [0.1, 0.15) is 5.56 Å². The minimum absolute atomic E-state index is 0.0177. The van der Waals surface area contributed by atoms with Crippen molar-refractivity contribution in [1.29, 1.82) is 0 Å². The third-order valence-electron chi connectivity index (χ3n) is 3.80. The van der Waals surface area contributed by atoms with E-state index in [0.29, 0.717) is 23.7 Å². The normalized spacial score (nSPS) is 11.5. The number of hydrogen-bond donors (Lipinski definition) is 2. The summed E-state index contributed by atoms with van der Waals surface area (Å²) >= 11 is 0. The van der Waals surface area contributed by atoms with E-state index in [1.54, 1.807) is 14.2 Å².